The molecule has 0 aliphatic heterocycles. The van der Waals surface area contributed by atoms with Crippen LogP contribution in [0.3, 0.4) is 0 Å². The smallest absolute Gasteiger partial charge is 0.200 e. The summed E-state index contributed by atoms with van der Waals surface area (Å²) in [5, 5.41) is 3.16. The Morgan fingerprint density at radius 2 is 2.50 bits per heavy atom. The van der Waals surface area contributed by atoms with Crippen LogP contribution in [0.15, 0.2) is 12.4 Å². The lowest BCUT2D eigenvalue weighted by atomic mass is 10.3. The van der Waals surface area contributed by atoms with Gasteiger partial charge in [0, 0.05) is 32.7 Å². The third-order valence-corrected chi connectivity index (χ3v) is 1.57. The molecule has 1 heterocycles. The zero-order valence-corrected chi connectivity index (χ0v) is 7.34. The Morgan fingerprint density at radius 3 is 3.17 bits per heavy atom. The van der Waals surface area contributed by atoms with E-state index >= 15 is 0 Å². The second kappa shape index (κ2) is 5.60. The van der Waals surface area contributed by atoms with Gasteiger partial charge in [-0.25, -0.2) is 4.98 Å². The molecule has 0 saturated heterocycles. The van der Waals surface area contributed by atoms with Crippen molar-refractivity contribution in [1.29, 1.82) is 0 Å². The van der Waals surface area contributed by atoms with Crippen LogP contribution in [0.4, 0.5) is 5.95 Å². The Hall–Kier alpha value is -1.03. The zero-order chi connectivity index (χ0) is 8.65. The van der Waals surface area contributed by atoms with Crippen molar-refractivity contribution < 1.29 is 4.74 Å². The number of rotatable bonds is 6. The SMILES string of the molecule is COCCCCNc1ncc[nH]1. The minimum atomic E-state index is 0.833. The minimum absolute atomic E-state index is 0.833. The number of ether oxygens (including phenoxy) is 1. The van der Waals surface area contributed by atoms with Crippen molar-refractivity contribution in [3.05, 3.63) is 12.4 Å². The minimum Gasteiger partial charge on any atom is -0.385 e. The highest BCUT2D eigenvalue weighted by atomic mass is 16.5. The van der Waals surface area contributed by atoms with E-state index in [0.717, 1.165) is 31.9 Å². The number of imidazole rings is 1. The summed E-state index contributed by atoms with van der Waals surface area (Å²) in [5.41, 5.74) is 0. The van der Waals surface area contributed by atoms with Crippen LogP contribution < -0.4 is 5.32 Å². The molecule has 0 radical (unpaired) electrons. The van der Waals surface area contributed by atoms with Crippen molar-refractivity contribution in [1.82, 2.24) is 9.97 Å². The van der Waals surface area contributed by atoms with Crippen LogP contribution in [-0.2, 0) is 4.74 Å². The first-order valence-electron chi connectivity index (χ1n) is 4.15. The highest BCUT2D eigenvalue weighted by Gasteiger charge is 1.91. The van der Waals surface area contributed by atoms with E-state index < -0.39 is 0 Å². The van der Waals surface area contributed by atoms with Gasteiger partial charge < -0.3 is 15.0 Å². The molecule has 0 spiro atoms. The number of H-pyrrole nitrogens is 1. The molecule has 4 nitrogen and oxygen atoms in total. The predicted molar refractivity (Wildman–Crippen MR) is 48.2 cm³/mol. The number of anilines is 1. The summed E-state index contributed by atoms with van der Waals surface area (Å²) in [6, 6.07) is 0. The first-order chi connectivity index (χ1) is 5.93. The Morgan fingerprint density at radius 1 is 1.58 bits per heavy atom. The zero-order valence-electron chi connectivity index (χ0n) is 7.34. The maximum absolute atomic E-state index is 4.93. The van der Waals surface area contributed by atoms with Crippen LogP contribution in [0, 0.1) is 0 Å². The molecule has 12 heavy (non-hydrogen) atoms. The highest BCUT2D eigenvalue weighted by Crippen LogP contribution is 1.96. The quantitative estimate of drug-likeness (QED) is 0.630. The number of aromatic amines is 1. The van der Waals surface area contributed by atoms with Gasteiger partial charge in [0.1, 0.15) is 0 Å². The predicted octanol–water partition coefficient (Wildman–Crippen LogP) is 1.25. The molecule has 1 aromatic heterocycles. The van der Waals surface area contributed by atoms with Crippen molar-refractivity contribution in [3.8, 4) is 0 Å². The molecule has 1 rings (SSSR count). The number of nitrogens with one attached hydrogen (secondary N) is 2. The molecule has 0 aromatic carbocycles. The van der Waals surface area contributed by atoms with E-state index in [2.05, 4.69) is 15.3 Å². The highest BCUT2D eigenvalue weighted by molar-refractivity contribution is 5.21. The van der Waals surface area contributed by atoms with Crippen LogP contribution in [0.1, 0.15) is 12.8 Å². The molecule has 0 saturated carbocycles. The molecule has 0 aliphatic rings. The van der Waals surface area contributed by atoms with E-state index in [0.29, 0.717) is 0 Å². The van der Waals surface area contributed by atoms with Crippen LogP contribution in [-0.4, -0.2) is 30.2 Å². The average Bonchev–Trinajstić information content (AvgIpc) is 2.57. The third-order valence-electron chi connectivity index (χ3n) is 1.57. The van der Waals surface area contributed by atoms with Gasteiger partial charge in [-0.1, -0.05) is 0 Å². The van der Waals surface area contributed by atoms with E-state index in [1.54, 1.807) is 19.5 Å². The molecule has 2 N–H and O–H groups in total. The van der Waals surface area contributed by atoms with Crippen molar-refractivity contribution in [2.24, 2.45) is 0 Å². The summed E-state index contributed by atoms with van der Waals surface area (Å²) in [5.74, 6) is 0.840. The van der Waals surface area contributed by atoms with Gasteiger partial charge >= 0.3 is 0 Å². The van der Waals surface area contributed by atoms with Gasteiger partial charge in [-0.2, -0.15) is 0 Å². The monoisotopic (exact) mass is 169 g/mol. The molecule has 0 unspecified atom stereocenters. The summed E-state index contributed by atoms with van der Waals surface area (Å²) >= 11 is 0. The van der Waals surface area contributed by atoms with Crippen molar-refractivity contribution >= 4 is 5.95 Å². The maximum Gasteiger partial charge on any atom is 0.200 e. The van der Waals surface area contributed by atoms with E-state index in [9.17, 15) is 0 Å². The topological polar surface area (TPSA) is 49.9 Å². The van der Waals surface area contributed by atoms with E-state index in [-0.39, 0.29) is 0 Å². The van der Waals surface area contributed by atoms with Crippen LogP contribution in [0.5, 0.6) is 0 Å². The van der Waals surface area contributed by atoms with Gasteiger partial charge in [-0.3, -0.25) is 0 Å². The van der Waals surface area contributed by atoms with Crippen LogP contribution >= 0.6 is 0 Å². The molecule has 0 bridgehead atoms. The Labute approximate surface area is 72.3 Å². The number of methoxy groups -OCH3 is 1. The fourth-order valence-electron chi connectivity index (χ4n) is 0.940. The largest absolute Gasteiger partial charge is 0.385 e. The normalized spacial score (nSPS) is 10.1. The van der Waals surface area contributed by atoms with Gasteiger partial charge in [0.25, 0.3) is 0 Å². The second-order valence-electron chi connectivity index (χ2n) is 2.56. The molecule has 68 valence electrons. The fourth-order valence-corrected chi connectivity index (χ4v) is 0.940. The maximum atomic E-state index is 4.93. The van der Waals surface area contributed by atoms with Gasteiger partial charge in [0.15, 0.2) is 5.95 Å². The Kier molecular flexibility index (Phi) is 4.23. The molecule has 0 atom stereocenters. The van der Waals surface area contributed by atoms with Crippen molar-refractivity contribution in [2.45, 2.75) is 12.8 Å². The lowest BCUT2D eigenvalue weighted by molar-refractivity contribution is 0.193. The first-order valence-corrected chi connectivity index (χ1v) is 4.15. The summed E-state index contributed by atoms with van der Waals surface area (Å²) in [6.07, 6.45) is 5.73. The summed E-state index contributed by atoms with van der Waals surface area (Å²) in [4.78, 5) is 7.01. The van der Waals surface area contributed by atoms with Gasteiger partial charge in [-0.05, 0) is 12.8 Å². The van der Waals surface area contributed by atoms with Gasteiger partial charge in [-0.15, -0.1) is 0 Å². The number of unbranched alkanes of at least 4 members (excludes halogenated alkanes) is 1. The van der Waals surface area contributed by atoms with Crippen molar-refractivity contribution in [2.75, 3.05) is 25.6 Å². The summed E-state index contributed by atoms with van der Waals surface area (Å²) in [6.45, 7) is 1.77. The van der Waals surface area contributed by atoms with Gasteiger partial charge in [0.2, 0.25) is 0 Å². The molecule has 0 aliphatic carbocycles. The standard InChI is InChI=1S/C8H15N3O/c1-12-7-3-2-4-9-8-10-5-6-11-8/h5-6H,2-4,7H2,1H3,(H2,9,10,11). The number of hydrogen-bond donors (Lipinski definition) is 2. The van der Waals surface area contributed by atoms with E-state index in [1.165, 1.54) is 0 Å². The lowest BCUT2D eigenvalue weighted by Gasteiger charge is -2.01. The van der Waals surface area contributed by atoms with Crippen LogP contribution in [0.25, 0.3) is 0 Å². The third kappa shape index (κ3) is 3.39. The molecule has 1 aromatic rings. The molecule has 0 amide bonds. The number of hydrogen-bond acceptors (Lipinski definition) is 3. The lowest BCUT2D eigenvalue weighted by Crippen LogP contribution is -2.03. The average molecular weight is 169 g/mol. The summed E-state index contributed by atoms with van der Waals surface area (Å²) < 4.78 is 4.93. The van der Waals surface area contributed by atoms with E-state index in [4.69, 9.17) is 4.74 Å². The fraction of sp³-hybridized carbons (Fsp3) is 0.625. The first kappa shape index (κ1) is 9.06. The van der Waals surface area contributed by atoms with Crippen LogP contribution in [0.2, 0.25) is 0 Å². The number of nitrogens with zero attached hydrogens (tertiary/aromatic N) is 1. The molecule has 0 fully saturated rings. The Balaban J connectivity index is 1.96. The van der Waals surface area contributed by atoms with E-state index in [1.807, 2.05) is 0 Å². The summed E-state index contributed by atoms with van der Waals surface area (Å²) in [7, 11) is 1.72. The number of aromatic nitrogens is 2. The molecule has 4 heteroatoms. The van der Waals surface area contributed by atoms with Crippen molar-refractivity contribution in [3.63, 3.8) is 0 Å². The molecular formula is C8H15N3O. The van der Waals surface area contributed by atoms with Gasteiger partial charge in [0.05, 0.1) is 0 Å². The molecular weight excluding hydrogens is 154 g/mol. The Bertz CT molecular complexity index is 186. The second-order valence-corrected chi connectivity index (χ2v) is 2.56.